The van der Waals surface area contributed by atoms with E-state index in [4.69, 9.17) is 0 Å². The zero-order chi connectivity index (χ0) is 15.7. The van der Waals surface area contributed by atoms with Gasteiger partial charge in [0.1, 0.15) is 11.4 Å². The molecule has 0 radical (unpaired) electrons. The van der Waals surface area contributed by atoms with Crippen molar-refractivity contribution in [3.63, 3.8) is 0 Å². The summed E-state index contributed by atoms with van der Waals surface area (Å²) >= 11 is 0. The van der Waals surface area contributed by atoms with E-state index in [1.54, 1.807) is 20.2 Å². The molecule has 0 bridgehead atoms. The van der Waals surface area contributed by atoms with Crippen LogP contribution in [0.2, 0.25) is 0 Å². The van der Waals surface area contributed by atoms with E-state index in [-0.39, 0.29) is 34.3 Å². The van der Waals surface area contributed by atoms with E-state index in [0.717, 1.165) is 0 Å². The molecule has 7 heteroatoms. The van der Waals surface area contributed by atoms with E-state index in [2.05, 4.69) is 10.6 Å². The summed E-state index contributed by atoms with van der Waals surface area (Å²) in [6.07, 6.45) is 0. The lowest BCUT2D eigenvalue weighted by molar-refractivity contribution is 0.0825. The molecule has 1 amide bonds. The highest BCUT2D eigenvalue weighted by molar-refractivity contribution is 5.99. The lowest BCUT2D eigenvalue weighted by Crippen LogP contribution is -2.36. The van der Waals surface area contributed by atoms with Crippen LogP contribution in [0.1, 0.15) is 10.4 Å². The lowest BCUT2D eigenvalue weighted by Gasteiger charge is -2.16. The number of nitrogens with one attached hydrogen (secondary N) is 2. The molecule has 0 saturated heterocycles. The summed E-state index contributed by atoms with van der Waals surface area (Å²) in [5.41, 5.74) is -0.750. The predicted molar refractivity (Wildman–Crippen MR) is 80.3 cm³/mol. The van der Waals surface area contributed by atoms with Gasteiger partial charge in [-0.15, -0.1) is 0 Å². The van der Waals surface area contributed by atoms with E-state index >= 15 is 0 Å². The van der Waals surface area contributed by atoms with Crippen LogP contribution in [0.5, 0.6) is 5.75 Å². The summed E-state index contributed by atoms with van der Waals surface area (Å²) in [5, 5.41) is 15.4. The first-order valence-corrected chi connectivity index (χ1v) is 6.20. The lowest BCUT2D eigenvalue weighted by atomic mass is 10.1. The summed E-state index contributed by atoms with van der Waals surface area (Å²) in [7, 11) is 4.66. The van der Waals surface area contributed by atoms with Crippen molar-refractivity contribution in [3.05, 3.63) is 44.2 Å². The normalized spacial score (nSPS) is 10.4. The Kier molecular flexibility index (Phi) is 3.66. The molecule has 0 aliphatic heterocycles. The highest BCUT2D eigenvalue weighted by Gasteiger charge is 2.22. The number of amides is 1. The number of nitrogens with zero attached hydrogens (tertiary/aromatic N) is 1. The van der Waals surface area contributed by atoms with Gasteiger partial charge in [0.05, 0.1) is 11.3 Å². The van der Waals surface area contributed by atoms with Gasteiger partial charge in [0, 0.05) is 21.1 Å². The molecule has 2 rings (SSSR count). The maximum absolute atomic E-state index is 11.9. The third kappa shape index (κ3) is 2.33. The minimum atomic E-state index is -0.664. The van der Waals surface area contributed by atoms with Gasteiger partial charge in [-0.3, -0.25) is 14.4 Å². The number of aromatic hydroxyl groups is 1. The molecule has 0 unspecified atom stereocenters. The Balaban J connectivity index is 2.41. The maximum atomic E-state index is 11.9. The fourth-order valence-electron chi connectivity index (χ4n) is 1.94. The Morgan fingerprint density at radius 3 is 2.33 bits per heavy atom. The Morgan fingerprint density at radius 1 is 1.14 bits per heavy atom. The summed E-state index contributed by atoms with van der Waals surface area (Å²) in [5.74, 6) is -0.638. The molecule has 3 N–H and O–H groups in total. The third-order valence-corrected chi connectivity index (χ3v) is 3.09. The molecule has 0 atom stereocenters. The molecule has 0 spiro atoms. The topological polar surface area (TPSA) is 98.7 Å². The fraction of sp³-hybridized carbons (Fsp3) is 0.214. The van der Waals surface area contributed by atoms with Crippen LogP contribution in [0.3, 0.4) is 0 Å². The summed E-state index contributed by atoms with van der Waals surface area (Å²) < 4.78 is 0. The molecular formula is C14H15N3O4. The first-order chi connectivity index (χ1) is 9.88. The van der Waals surface area contributed by atoms with Gasteiger partial charge in [-0.05, 0) is 12.1 Å². The first kappa shape index (κ1) is 14.6. The summed E-state index contributed by atoms with van der Waals surface area (Å²) in [4.78, 5) is 36.1. The van der Waals surface area contributed by atoms with Crippen LogP contribution >= 0.6 is 0 Å². The number of para-hydroxylation sites is 1. The second-order valence-corrected chi connectivity index (χ2v) is 4.68. The van der Waals surface area contributed by atoms with Crippen molar-refractivity contribution in [1.82, 2.24) is 4.90 Å². The number of rotatable bonds is 4. The monoisotopic (exact) mass is 289 g/mol. The van der Waals surface area contributed by atoms with Crippen LogP contribution in [0.4, 0.5) is 17.1 Å². The van der Waals surface area contributed by atoms with Gasteiger partial charge < -0.3 is 20.6 Å². The molecular weight excluding hydrogens is 274 g/mol. The number of phenolic OH excluding ortho intramolecular Hbond substituents is 1. The second kappa shape index (κ2) is 5.28. The fourth-order valence-corrected chi connectivity index (χ4v) is 1.94. The van der Waals surface area contributed by atoms with Gasteiger partial charge in [0.2, 0.25) is 0 Å². The molecule has 0 aliphatic carbocycles. The van der Waals surface area contributed by atoms with Crippen molar-refractivity contribution in [2.24, 2.45) is 0 Å². The first-order valence-electron chi connectivity index (χ1n) is 6.20. The van der Waals surface area contributed by atoms with Crippen LogP contribution in [0, 0.1) is 0 Å². The quantitative estimate of drug-likeness (QED) is 0.559. The molecule has 0 aromatic heterocycles. The highest BCUT2D eigenvalue weighted by atomic mass is 16.3. The van der Waals surface area contributed by atoms with Gasteiger partial charge in [-0.2, -0.15) is 0 Å². The van der Waals surface area contributed by atoms with E-state index < -0.39 is 10.9 Å². The number of carbonyl (C=O) groups is 1. The molecule has 2 aromatic rings. The van der Waals surface area contributed by atoms with Crippen molar-refractivity contribution in [2.45, 2.75) is 0 Å². The standard InChI is InChI=1S/C14H15N3O4/c1-15-9-10(13(20)12(9)19)16-8-6-4-5-7(11(8)18)14(21)17(2)3/h4-6,15-16,18H,1-3H3. The van der Waals surface area contributed by atoms with Crippen molar-refractivity contribution in [3.8, 4) is 5.75 Å². The van der Waals surface area contributed by atoms with Crippen LogP contribution in [0.15, 0.2) is 27.8 Å². The molecule has 0 heterocycles. The van der Waals surface area contributed by atoms with Crippen LogP contribution in [-0.4, -0.2) is 37.1 Å². The second-order valence-electron chi connectivity index (χ2n) is 4.68. The maximum Gasteiger partial charge on any atom is 0.257 e. The molecule has 21 heavy (non-hydrogen) atoms. The average molecular weight is 289 g/mol. The summed E-state index contributed by atoms with van der Waals surface area (Å²) in [6, 6.07) is 4.56. The number of hydrogen-bond acceptors (Lipinski definition) is 6. The molecule has 110 valence electrons. The Morgan fingerprint density at radius 2 is 1.76 bits per heavy atom. The number of anilines is 3. The van der Waals surface area contributed by atoms with Gasteiger partial charge in [-0.1, -0.05) is 6.07 Å². The van der Waals surface area contributed by atoms with E-state index in [0.29, 0.717) is 0 Å². The molecule has 2 aromatic carbocycles. The largest absolute Gasteiger partial charge is 0.505 e. The van der Waals surface area contributed by atoms with Crippen molar-refractivity contribution in [2.75, 3.05) is 31.8 Å². The Hall–Kier alpha value is -2.83. The van der Waals surface area contributed by atoms with Gasteiger partial charge >= 0.3 is 0 Å². The number of phenols is 1. The number of hydrogen-bond donors (Lipinski definition) is 3. The average Bonchev–Trinajstić information content (AvgIpc) is 2.47. The Bertz CT molecular complexity index is 773. The van der Waals surface area contributed by atoms with E-state index in [1.807, 2.05) is 0 Å². The van der Waals surface area contributed by atoms with Crippen LogP contribution in [-0.2, 0) is 0 Å². The third-order valence-electron chi connectivity index (χ3n) is 3.09. The smallest absolute Gasteiger partial charge is 0.257 e. The van der Waals surface area contributed by atoms with Crippen molar-refractivity contribution in [1.29, 1.82) is 0 Å². The Labute approximate surface area is 120 Å². The van der Waals surface area contributed by atoms with Gasteiger partial charge in [0.15, 0.2) is 5.75 Å². The molecule has 7 nitrogen and oxygen atoms in total. The van der Waals surface area contributed by atoms with Crippen molar-refractivity contribution < 1.29 is 9.90 Å². The molecule has 0 saturated carbocycles. The van der Waals surface area contributed by atoms with Crippen molar-refractivity contribution >= 4 is 23.0 Å². The van der Waals surface area contributed by atoms with E-state index in [1.165, 1.54) is 24.1 Å². The van der Waals surface area contributed by atoms with Crippen LogP contribution in [0.25, 0.3) is 0 Å². The SMILES string of the molecule is CNc1c(Nc2cccc(C(=O)N(C)C)c2O)c(=O)c1=O. The minimum absolute atomic E-state index is 0.0762. The molecule has 0 fully saturated rings. The minimum Gasteiger partial charge on any atom is -0.505 e. The molecule has 0 aliphatic rings. The zero-order valence-corrected chi connectivity index (χ0v) is 11.9. The zero-order valence-electron chi connectivity index (χ0n) is 11.9. The number of benzene rings is 1. The van der Waals surface area contributed by atoms with Gasteiger partial charge in [0.25, 0.3) is 16.8 Å². The predicted octanol–water partition coefficient (Wildman–Crippen LogP) is 0.475. The van der Waals surface area contributed by atoms with Crippen LogP contribution < -0.4 is 21.5 Å². The van der Waals surface area contributed by atoms with Gasteiger partial charge in [-0.25, -0.2) is 0 Å². The number of carbonyl (C=O) groups excluding carboxylic acids is 1. The van der Waals surface area contributed by atoms with E-state index in [9.17, 15) is 19.5 Å². The summed E-state index contributed by atoms with van der Waals surface area (Å²) in [6.45, 7) is 0. The highest BCUT2D eigenvalue weighted by Crippen LogP contribution is 2.31.